The Kier molecular flexibility index (Phi) is 8.89. The molecule has 1 unspecified atom stereocenters. The van der Waals surface area contributed by atoms with Crippen LogP contribution >= 0.6 is 0 Å². The highest BCUT2D eigenvalue weighted by molar-refractivity contribution is 5.55. The van der Waals surface area contributed by atoms with Gasteiger partial charge in [0.05, 0.1) is 19.3 Å². The smallest absolute Gasteiger partial charge is 0.167 e. The van der Waals surface area contributed by atoms with E-state index in [1.165, 1.54) is 26.0 Å². The van der Waals surface area contributed by atoms with E-state index in [9.17, 15) is 13.9 Å². The Hall–Kier alpha value is -3.11. The normalized spacial score (nSPS) is 21.2. The van der Waals surface area contributed by atoms with E-state index in [0.29, 0.717) is 25.3 Å². The molecule has 41 heavy (non-hydrogen) atoms. The first kappa shape index (κ1) is 29.4. The molecule has 4 heterocycles. The molecule has 3 aliphatic heterocycles. The summed E-state index contributed by atoms with van der Waals surface area (Å²) in [6.07, 6.45) is 4.56. The van der Waals surface area contributed by atoms with Gasteiger partial charge in [-0.25, -0.2) is 13.8 Å². The van der Waals surface area contributed by atoms with Gasteiger partial charge in [-0.1, -0.05) is 6.58 Å². The Morgan fingerprint density at radius 1 is 1.32 bits per heavy atom. The van der Waals surface area contributed by atoms with E-state index in [0.717, 1.165) is 67.9 Å². The number of aromatic nitrogens is 1. The highest BCUT2D eigenvalue weighted by atomic mass is 19.1. The molecule has 0 spiro atoms. The first-order chi connectivity index (χ1) is 19.6. The van der Waals surface area contributed by atoms with Gasteiger partial charge in [-0.3, -0.25) is 4.90 Å². The van der Waals surface area contributed by atoms with Gasteiger partial charge in [-0.15, -0.1) is 0 Å². The number of nitrogens with zero attached hydrogens (tertiary/aromatic N) is 2. The van der Waals surface area contributed by atoms with Crippen molar-refractivity contribution in [3.63, 3.8) is 0 Å². The number of aryl methyl sites for hydroxylation is 1. The van der Waals surface area contributed by atoms with Crippen molar-refractivity contribution in [1.29, 1.82) is 0 Å². The molecule has 3 atom stereocenters. The maximum atomic E-state index is 14.7. The Labute approximate surface area is 240 Å². The fraction of sp³-hybridized carbons (Fsp3) is 0.581. The lowest BCUT2D eigenvalue weighted by Crippen LogP contribution is -2.44. The monoisotopic (exact) mass is 573 g/mol. The number of methoxy groups -OCH3 is 1. The molecule has 3 aliphatic rings. The van der Waals surface area contributed by atoms with E-state index in [-0.39, 0.29) is 30.0 Å². The molecule has 10 heteroatoms. The lowest BCUT2D eigenvalue weighted by atomic mass is 9.99. The van der Waals surface area contributed by atoms with Crippen LogP contribution in [-0.2, 0) is 17.6 Å². The number of unbranched alkanes of at least 4 members (excludes halogenated alkanes) is 1. The average molecular weight is 574 g/mol. The van der Waals surface area contributed by atoms with E-state index in [1.54, 1.807) is 7.11 Å². The van der Waals surface area contributed by atoms with Gasteiger partial charge in [-0.2, -0.15) is 0 Å². The Balaban J connectivity index is 1.17. The summed E-state index contributed by atoms with van der Waals surface area (Å²) in [5.41, 5.74) is 0.865. The molecule has 5 rings (SSSR count). The average Bonchev–Trinajstić information content (AvgIpc) is 3.39. The molecule has 1 saturated heterocycles. The van der Waals surface area contributed by atoms with Gasteiger partial charge in [0.15, 0.2) is 17.6 Å². The number of alkyl halides is 1. The first-order valence-electron chi connectivity index (χ1n) is 14.5. The number of nitrogens with one attached hydrogen (secondary N) is 1. The van der Waals surface area contributed by atoms with E-state index in [2.05, 4.69) is 11.9 Å². The van der Waals surface area contributed by atoms with Crippen LogP contribution in [0.4, 0.5) is 14.6 Å². The van der Waals surface area contributed by atoms with Crippen molar-refractivity contribution in [2.24, 2.45) is 0 Å². The Morgan fingerprint density at radius 3 is 2.90 bits per heavy atom. The van der Waals surface area contributed by atoms with Crippen molar-refractivity contribution >= 4 is 5.82 Å². The molecule has 8 nitrogen and oxygen atoms in total. The molecule has 0 bridgehead atoms. The minimum absolute atomic E-state index is 0.0310. The maximum Gasteiger partial charge on any atom is 0.167 e. The summed E-state index contributed by atoms with van der Waals surface area (Å²) in [4.78, 5) is 6.78. The summed E-state index contributed by atoms with van der Waals surface area (Å²) in [5, 5.41) is 14.0. The number of hydrogen-bond donors (Lipinski definition) is 2. The third-order valence-corrected chi connectivity index (χ3v) is 8.05. The summed E-state index contributed by atoms with van der Waals surface area (Å²) in [5.74, 6) is 1.60. The summed E-state index contributed by atoms with van der Waals surface area (Å²) < 4.78 is 52.7. The van der Waals surface area contributed by atoms with Crippen LogP contribution in [0.3, 0.4) is 0 Å². The van der Waals surface area contributed by atoms with E-state index >= 15 is 0 Å². The second-order valence-electron chi connectivity index (χ2n) is 11.6. The lowest BCUT2D eigenvalue weighted by Gasteiger charge is -2.36. The van der Waals surface area contributed by atoms with Crippen molar-refractivity contribution in [1.82, 2.24) is 9.88 Å². The summed E-state index contributed by atoms with van der Waals surface area (Å²) in [7, 11) is 1.70. The van der Waals surface area contributed by atoms with Crippen molar-refractivity contribution in [2.75, 3.05) is 45.3 Å². The number of rotatable bonds is 11. The molecule has 0 amide bonds. The Morgan fingerprint density at radius 2 is 2.15 bits per heavy atom. The van der Waals surface area contributed by atoms with Gasteiger partial charge in [0.2, 0.25) is 0 Å². The SMILES string of the molecule is C=C(O)C(c1cc(F)cc2c1O[C@@H](C(C)(C)F)CO2)N1CC[C@@H](OCCCCc2cc(OC)c3c(n2)NCCC3)C1. The quantitative estimate of drug-likeness (QED) is 0.262. The molecule has 0 saturated carbocycles. The number of anilines is 1. The van der Waals surface area contributed by atoms with Crippen LogP contribution in [0, 0.1) is 5.82 Å². The van der Waals surface area contributed by atoms with E-state index in [1.807, 2.05) is 11.0 Å². The van der Waals surface area contributed by atoms with E-state index in [4.69, 9.17) is 23.9 Å². The fourth-order valence-electron chi connectivity index (χ4n) is 5.84. The maximum absolute atomic E-state index is 14.7. The Bertz CT molecular complexity index is 1230. The highest BCUT2D eigenvalue weighted by Gasteiger charge is 2.40. The number of benzene rings is 1. The third-order valence-electron chi connectivity index (χ3n) is 8.05. The van der Waals surface area contributed by atoms with Crippen LogP contribution in [0.15, 0.2) is 30.5 Å². The van der Waals surface area contributed by atoms with Crippen LogP contribution < -0.4 is 19.5 Å². The lowest BCUT2D eigenvalue weighted by molar-refractivity contribution is -0.0161. The van der Waals surface area contributed by atoms with Gasteiger partial charge in [0, 0.05) is 55.2 Å². The number of hydrogen-bond acceptors (Lipinski definition) is 8. The van der Waals surface area contributed by atoms with Crippen LogP contribution in [0.2, 0.25) is 0 Å². The van der Waals surface area contributed by atoms with Crippen molar-refractivity contribution < 1.29 is 32.8 Å². The third kappa shape index (κ3) is 6.70. The topological polar surface area (TPSA) is 85.3 Å². The van der Waals surface area contributed by atoms with Gasteiger partial charge in [0.1, 0.15) is 35.4 Å². The van der Waals surface area contributed by atoms with Gasteiger partial charge >= 0.3 is 0 Å². The number of ether oxygens (including phenoxy) is 4. The zero-order chi connectivity index (χ0) is 29.1. The molecule has 1 aromatic carbocycles. The largest absolute Gasteiger partial charge is 0.511 e. The van der Waals surface area contributed by atoms with Crippen LogP contribution in [-0.4, -0.2) is 72.8 Å². The van der Waals surface area contributed by atoms with Gasteiger partial charge in [-0.05, 0) is 58.4 Å². The summed E-state index contributed by atoms with van der Waals surface area (Å²) in [6, 6.07) is 3.83. The molecule has 0 aliphatic carbocycles. The number of aliphatic hydroxyl groups is 1. The summed E-state index contributed by atoms with van der Waals surface area (Å²) >= 11 is 0. The molecular formula is C31H41F2N3O5. The predicted molar refractivity (Wildman–Crippen MR) is 152 cm³/mol. The summed E-state index contributed by atoms with van der Waals surface area (Å²) in [6.45, 7) is 9.24. The number of halogens is 2. The molecule has 1 aromatic heterocycles. The standard InChI is InChI=1S/C31H41F2N3O5/c1-19(37)28(24-14-20(32)15-26-29(24)41-27(18-40-26)31(2,3)33)36-12-10-22(17-36)39-13-6-5-8-21-16-25(38-4)23-9-7-11-34-30(23)35-21/h14-16,22,27-28,37H,1,5-13,17-18H2,2-4H3,(H,34,35)/t22-,27-,28?/m1/s1. The second-order valence-corrected chi connectivity index (χ2v) is 11.6. The number of aliphatic hydroxyl groups excluding tert-OH is 1. The predicted octanol–water partition coefficient (Wildman–Crippen LogP) is 5.70. The van der Waals surface area contributed by atoms with Crippen LogP contribution in [0.25, 0.3) is 0 Å². The molecule has 2 N–H and O–H groups in total. The molecule has 224 valence electrons. The first-order valence-corrected chi connectivity index (χ1v) is 14.5. The molecule has 0 radical (unpaired) electrons. The number of fused-ring (bicyclic) bond motifs is 2. The zero-order valence-corrected chi connectivity index (χ0v) is 24.2. The van der Waals surface area contributed by atoms with Crippen molar-refractivity contribution in [3.8, 4) is 17.2 Å². The minimum Gasteiger partial charge on any atom is -0.511 e. The van der Waals surface area contributed by atoms with Gasteiger partial charge in [0.25, 0.3) is 0 Å². The highest BCUT2D eigenvalue weighted by Crippen LogP contribution is 2.45. The van der Waals surface area contributed by atoms with E-state index < -0.39 is 23.6 Å². The molecule has 1 fully saturated rings. The van der Waals surface area contributed by atoms with Crippen molar-refractivity contribution in [3.05, 3.63) is 53.2 Å². The van der Waals surface area contributed by atoms with Gasteiger partial charge < -0.3 is 29.4 Å². The van der Waals surface area contributed by atoms with Crippen molar-refractivity contribution in [2.45, 2.75) is 76.3 Å². The van der Waals surface area contributed by atoms with Crippen LogP contribution in [0.5, 0.6) is 17.2 Å². The molecular weight excluding hydrogens is 532 g/mol. The fourth-order valence-corrected chi connectivity index (χ4v) is 5.84. The number of pyridine rings is 1. The zero-order valence-electron chi connectivity index (χ0n) is 24.2. The molecule has 2 aromatic rings. The second kappa shape index (κ2) is 12.4. The minimum atomic E-state index is -1.67. The number of likely N-dealkylation sites (tertiary alicyclic amines) is 1. The van der Waals surface area contributed by atoms with Crippen LogP contribution in [0.1, 0.15) is 62.4 Å².